The second kappa shape index (κ2) is 6.67. The standard InChI is InChI=1S/C21H14N8OS/c1-10(30)16-4-5-17(31-16)12-8-22-9-15-18(12)27-21(26-15)20-19-14(28-29-20)3-2-13(25-19)11-6-23-24-7-11/h2-9H,1H3,(H,23,24)(H,26,27)(H,28,29). The lowest BCUT2D eigenvalue weighted by atomic mass is 10.2. The first-order chi connectivity index (χ1) is 15.2. The van der Waals surface area contributed by atoms with Gasteiger partial charge in [0, 0.05) is 28.4 Å². The summed E-state index contributed by atoms with van der Waals surface area (Å²) in [5.74, 6) is 0.636. The molecule has 9 nitrogen and oxygen atoms in total. The van der Waals surface area contributed by atoms with Gasteiger partial charge in [-0.2, -0.15) is 10.2 Å². The number of pyridine rings is 2. The summed E-state index contributed by atoms with van der Waals surface area (Å²) in [5, 5.41) is 14.3. The Labute approximate surface area is 178 Å². The van der Waals surface area contributed by atoms with Crippen LogP contribution in [0.25, 0.3) is 55.3 Å². The first kappa shape index (κ1) is 17.7. The van der Waals surface area contributed by atoms with E-state index in [4.69, 9.17) is 9.97 Å². The number of nitrogens with zero attached hydrogens (tertiary/aromatic N) is 5. The number of aromatic amines is 3. The van der Waals surface area contributed by atoms with Gasteiger partial charge >= 0.3 is 0 Å². The highest BCUT2D eigenvalue weighted by atomic mass is 32.1. The van der Waals surface area contributed by atoms with Gasteiger partial charge in [-0.1, -0.05) is 0 Å². The van der Waals surface area contributed by atoms with Crippen LogP contribution >= 0.6 is 11.3 Å². The third-order valence-corrected chi connectivity index (χ3v) is 6.26. The molecular weight excluding hydrogens is 412 g/mol. The molecule has 0 amide bonds. The fraction of sp³-hybridized carbons (Fsp3) is 0.0476. The molecule has 0 saturated carbocycles. The summed E-state index contributed by atoms with van der Waals surface area (Å²) in [7, 11) is 0. The number of H-pyrrole nitrogens is 3. The van der Waals surface area contributed by atoms with Gasteiger partial charge in [0.05, 0.1) is 34.0 Å². The molecule has 0 fully saturated rings. The summed E-state index contributed by atoms with van der Waals surface area (Å²) in [6, 6.07) is 7.61. The molecule has 0 aliphatic heterocycles. The van der Waals surface area contributed by atoms with Crippen LogP contribution in [0.15, 0.2) is 49.1 Å². The van der Waals surface area contributed by atoms with Crippen LogP contribution in [0.1, 0.15) is 16.6 Å². The number of hydrogen-bond donors (Lipinski definition) is 3. The molecule has 6 heterocycles. The topological polar surface area (TPSA) is 129 Å². The lowest BCUT2D eigenvalue weighted by Crippen LogP contribution is -1.86. The predicted molar refractivity (Wildman–Crippen MR) is 118 cm³/mol. The first-order valence-electron chi connectivity index (χ1n) is 9.47. The number of rotatable bonds is 4. The highest BCUT2D eigenvalue weighted by Gasteiger charge is 2.18. The SMILES string of the molecule is CC(=O)c1ccc(-c2cncc3[nH]c(-c4n[nH]c5ccc(-c6cn[nH]c6)nc45)nc23)s1. The number of nitrogens with one attached hydrogen (secondary N) is 3. The molecule has 0 bridgehead atoms. The molecule has 10 heteroatoms. The van der Waals surface area contributed by atoms with Crippen LogP contribution in [0.5, 0.6) is 0 Å². The Bertz CT molecular complexity index is 1570. The maximum absolute atomic E-state index is 11.7. The smallest absolute Gasteiger partial charge is 0.169 e. The van der Waals surface area contributed by atoms with Gasteiger partial charge in [-0.05, 0) is 31.2 Å². The summed E-state index contributed by atoms with van der Waals surface area (Å²) in [4.78, 5) is 30.6. The third-order valence-electron chi connectivity index (χ3n) is 5.04. The predicted octanol–water partition coefficient (Wildman–Crippen LogP) is 4.22. The summed E-state index contributed by atoms with van der Waals surface area (Å²) in [6.45, 7) is 1.56. The minimum absolute atomic E-state index is 0.0431. The number of carbonyl (C=O) groups is 1. The molecule has 0 unspecified atom stereocenters. The van der Waals surface area contributed by atoms with Crippen molar-refractivity contribution >= 4 is 39.2 Å². The average molecular weight is 426 g/mol. The van der Waals surface area contributed by atoms with Gasteiger partial charge in [-0.3, -0.25) is 20.0 Å². The van der Waals surface area contributed by atoms with E-state index in [-0.39, 0.29) is 5.78 Å². The van der Waals surface area contributed by atoms with E-state index in [1.807, 2.05) is 24.3 Å². The fourth-order valence-corrected chi connectivity index (χ4v) is 4.43. The normalized spacial score (nSPS) is 11.5. The van der Waals surface area contributed by atoms with Crippen molar-refractivity contribution in [2.75, 3.05) is 0 Å². The number of fused-ring (bicyclic) bond motifs is 2. The molecule has 6 rings (SSSR count). The van der Waals surface area contributed by atoms with E-state index in [1.165, 1.54) is 11.3 Å². The molecular formula is C21H14N8OS. The summed E-state index contributed by atoms with van der Waals surface area (Å²) in [6.07, 6.45) is 7.02. The third kappa shape index (κ3) is 2.84. The number of Topliss-reactive ketones (excluding diaryl/α,β-unsaturated/α-hetero) is 1. The van der Waals surface area contributed by atoms with Crippen molar-refractivity contribution in [1.29, 1.82) is 0 Å². The summed E-state index contributed by atoms with van der Waals surface area (Å²) < 4.78 is 0. The molecule has 6 aromatic heterocycles. The van der Waals surface area contributed by atoms with Crippen LogP contribution < -0.4 is 0 Å². The average Bonchev–Trinajstić information content (AvgIpc) is 3.58. The van der Waals surface area contributed by atoms with Gasteiger partial charge in [0.1, 0.15) is 11.0 Å². The number of hydrogen-bond acceptors (Lipinski definition) is 7. The maximum atomic E-state index is 11.7. The molecule has 0 atom stereocenters. The van der Waals surface area contributed by atoms with Crippen LogP contribution in [-0.4, -0.2) is 46.1 Å². The molecule has 0 radical (unpaired) electrons. The molecule has 0 spiro atoms. The van der Waals surface area contributed by atoms with E-state index >= 15 is 0 Å². The Kier molecular flexibility index (Phi) is 3.80. The van der Waals surface area contributed by atoms with E-state index in [0.29, 0.717) is 21.9 Å². The van der Waals surface area contributed by atoms with Crippen molar-refractivity contribution < 1.29 is 4.79 Å². The van der Waals surface area contributed by atoms with Gasteiger partial charge in [0.25, 0.3) is 0 Å². The van der Waals surface area contributed by atoms with E-state index in [1.54, 1.807) is 31.7 Å². The Hall–Kier alpha value is -4.18. The highest BCUT2D eigenvalue weighted by molar-refractivity contribution is 7.17. The van der Waals surface area contributed by atoms with Crippen molar-refractivity contribution in [3.63, 3.8) is 0 Å². The number of aromatic nitrogens is 8. The van der Waals surface area contributed by atoms with Crippen molar-refractivity contribution in [3.05, 3.63) is 53.9 Å². The van der Waals surface area contributed by atoms with Crippen LogP contribution in [0.2, 0.25) is 0 Å². The number of ketones is 1. The largest absolute Gasteiger partial charge is 0.335 e. The van der Waals surface area contributed by atoms with E-state index in [0.717, 1.165) is 38.2 Å². The lowest BCUT2D eigenvalue weighted by molar-refractivity contribution is 0.102. The molecule has 31 heavy (non-hydrogen) atoms. The molecule has 0 saturated heterocycles. The number of carbonyl (C=O) groups excluding carboxylic acids is 1. The van der Waals surface area contributed by atoms with Gasteiger partial charge in [0.15, 0.2) is 17.3 Å². The number of imidazole rings is 1. The van der Waals surface area contributed by atoms with Gasteiger partial charge in [-0.25, -0.2) is 9.97 Å². The zero-order valence-corrected chi connectivity index (χ0v) is 17.0. The van der Waals surface area contributed by atoms with E-state index in [2.05, 4.69) is 30.4 Å². The molecule has 150 valence electrons. The zero-order valence-electron chi connectivity index (χ0n) is 16.2. The molecule has 3 N–H and O–H groups in total. The minimum atomic E-state index is 0.0431. The second-order valence-corrected chi connectivity index (χ2v) is 8.12. The van der Waals surface area contributed by atoms with Crippen LogP contribution in [0.3, 0.4) is 0 Å². The van der Waals surface area contributed by atoms with Crippen LogP contribution in [0.4, 0.5) is 0 Å². The van der Waals surface area contributed by atoms with Crippen LogP contribution in [-0.2, 0) is 0 Å². The Morgan fingerprint density at radius 1 is 1.00 bits per heavy atom. The minimum Gasteiger partial charge on any atom is -0.335 e. The Balaban J connectivity index is 1.50. The zero-order chi connectivity index (χ0) is 20.9. The van der Waals surface area contributed by atoms with Gasteiger partial charge < -0.3 is 4.98 Å². The summed E-state index contributed by atoms with van der Waals surface area (Å²) in [5.41, 5.74) is 6.24. The highest BCUT2D eigenvalue weighted by Crippen LogP contribution is 2.34. The van der Waals surface area contributed by atoms with Crippen molar-refractivity contribution in [2.45, 2.75) is 6.92 Å². The molecule has 0 aromatic carbocycles. The first-order valence-corrected chi connectivity index (χ1v) is 10.3. The maximum Gasteiger partial charge on any atom is 0.169 e. The Morgan fingerprint density at radius 2 is 1.94 bits per heavy atom. The van der Waals surface area contributed by atoms with Crippen molar-refractivity contribution in [2.24, 2.45) is 0 Å². The van der Waals surface area contributed by atoms with Crippen molar-refractivity contribution in [1.82, 2.24) is 40.3 Å². The van der Waals surface area contributed by atoms with Crippen LogP contribution in [0, 0.1) is 0 Å². The summed E-state index contributed by atoms with van der Waals surface area (Å²) >= 11 is 1.43. The fourth-order valence-electron chi connectivity index (χ4n) is 3.51. The lowest BCUT2D eigenvalue weighted by Gasteiger charge is -1.97. The molecule has 0 aliphatic rings. The number of thiophene rings is 1. The van der Waals surface area contributed by atoms with Gasteiger partial charge in [0.2, 0.25) is 0 Å². The molecule has 0 aliphatic carbocycles. The van der Waals surface area contributed by atoms with E-state index < -0.39 is 0 Å². The second-order valence-electron chi connectivity index (χ2n) is 7.04. The van der Waals surface area contributed by atoms with Gasteiger partial charge in [-0.15, -0.1) is 11.3 Å². The Morgan fingerprint density at radius 3 is 2.74 bits per heavy atom. The molecule has 6 aromatic rings. The monoisotopic (exact) mass is 426 g/mol. The van der Waals surface area contributed by atoms with E-state index in [9.17, 15) is 4.79 Å². The van der Waals surface area contributed by atoms with Crippen molar-refractivity contribution in [3.8, 4) is 33.2 Å². The quantitative estimate of drug-likeness (QED) is 0.362.